The molecule has 0 aromatic heterocycles. The van der Waals surface area contributed by atoms with Crippen LogP contribution in [0.3, 0.4) is 0 Å². The number of epoxide rings is 2. The van der Waals surface area contributed by atoms with Crippen LogP contribution in [0.25, 0.3) is 0 Å². The molecule has 0 N–H and O–H groups in total. The van der Waals surface area contributed by atoms with E-state index in [4.69, 9.17) is 9.47 Å². The van der Waals surface area contributed by atoms with Crippen LogP contribution >= 0.6 is 0 Å². The zero-order chi connectivity index (χ0) is 11.6. The predicted octanol–water partition coefficient (Wildman–Crippen LogP) is 0.504. The molecule has 0 bridgehead atoms. The summed E-state index contributed by atoms with van der Waals surface area (Å²) in [5.74, 6) is 1.76. The van der Waals surface area contributed by atoms with E-state index >= 15 is 0 Å². The van der Waals surface area contributed by atoms with Gasteiger partial charge in [-0.3, -0.25) is 0 Å². The molecule has 92 valence electrons. The van der Waals surface area contributed by atoms with E-state index < -0.39 is 0 Å². The highest BCUT2D eigenvalue weighted by Crippen LogP contribution is 2.55. The molecule has 2 heterocycles. The Morgan fingerprint density at radius 3 is 1.59 bits per heavy atom. The Labute approximate surface area is 106 Å². The molecule has 0 aromatic carbocycles. The Hall–Kier alpha value is 0.0499. The molecule has 17 heavy (non-hydrogen) atoms. The average molecular weight is 232 g/mol. The van der Waals surface area contributed by atoms with Gasteiger partial charge in [0.1, 0.15) is 0 Å². The first-order chi connectivity index (χ1) is 8.14. The van der Waals surface area contributed by atoms with Gasteiger partial charge in [0.2, 0.25) is 0 Å². The summed E-state index contributed by atoms with van der Waals surface area (Å²) in [6.45, 7) is 0. The summed E-state index contributed by atoms with van der Waals surface area (Å²) in [5.41, 5.74) is 0. The molecule has 2 saturated carbocycles. The molecule has 2 saturated heterocycles. The third-order valence-corrected chi connectivity index (χ3v) is 6.11. The molecule has 0 spiro atoms. The predicted molar refractivity (Wildman–Crippen MR) is 71.8 cm³/mol. The third-order valence-electron chi connectivity index (χ3n) is 6.11. The molecule has 0 aromatic rings. The molecule has 0 radical (unpaired) electrons. The van der Waals surface area contributed by atoms with Gasteiger partial charge in [0.15, 0.2) is 0 Å². The van der Waals surface area contributed by atoms with E-state index in [9.17, 15) is 0 Å². The fourth-order valence-corrected chi connectivity index (χ4v) is 4.49. The lowest BCUT2D eigenvalue weighted by molar-refractivity contribution is 0.237. The van der Waals surface area contributed by atoms with E-state index in [0.29, 0.717) is 29.6 Å². The van der Waals surface area contributed by atoms with Crippen LogP contribution in [0.1, 0.15) is 38.5 Å². The number of ether oxygens (including phenoxy) is 2. The molecule has 0 amide bonds. The van der Waals surface area contributed by atoms with Gasteiger partial charge in [0, 0.05) is 0 Å². The highest BCUT2D eigenvalue weighted by molar-refractivity contribution is 6.40. The summed E-state index contributed by atoms with van der Waals surface area (Å²) in [5, 5.41) is 0.494. The van der Waals surface area contributed by atoms with Crippen molar-refractivity contribution in [1.29, 1.82) is 0 Å². The largest absolute Gasteiger partial charge is 0.370 e. The average Bonchev–Trinajstić information content (AvgIpc) is 3.21. The first kappa shape index (κ1) is 10.9. The standard InChI is InChI=1S/C13H22B2O2/c14-13(15,7-1-3-9-11(5-7)16-9)8-2-4-10-12(6-8)17-10/h7-12H,1-6,14-15H2. The quantitative estimate of drug-likeness (QED) is 0.511. The molecule has 4 rings (SSSR count). The lowest BCUT2D eigenvalue weighted by atomic mass is 9.39. The molecule has 2 nitrogen and oxygen atoms in total. The molecular weight excluding hydrogens is 210 g/mol. The van der Waals surface area contributed by atoms with Crippen LogP contribution in [0, 0.1) is 11.8 Å². The van der Waals surface area contributed by atoms with Crippen LogP contribution in [0.2, 0.25) is 5.21 Å². The lowest BCUT2D eigenvalue weighted by Crippen LogP contribution is -2.37. The summed E-state index contributed by atoms with van der Waals surface area (Å²) in [6, 6.07) is 0. The summed E-state index contributed by atoms with van der Waals surface area (Å²) >= 11 is 0. The normalized spacial score (nSPS) is 52.5. The Kier molecular flexibility index (Phi) is 2.27. The molecule has 4 heteroatoms. The second-order valence-electron chi connectivity index (χ2n) is 7.27. The van der Waals surface area contributed by atoms with Gasteiger partial charge in [0.05, 0.1) is 40.1 Å². The fourth-order valence-electron chi connectivity index (χ4n) is 4.49. The Morgan fingerprint density at radius 1 is 0.706 bits per heavy atom. The summed E-state index contributed by atoms with van der Waals surface area (Å²) in [7, 11) is 5.02. The van der Waals surface area contributed by atoms with Crippen LogP contribution < -0.4 is 0 Å². The molecule has 2 aliphatic carbocycles. The van der Waals surface area contributed by atoms with Crippen molar-refractivity contribution in [2.24, 2.45) is 11.8 Å². The maximum absolute atomic E-state index is 5.70. The van der Waals surface area contributed by atoms with Gasteiger partial charge in [-0.1, -0.05) is 5.21 Å². The van der Waals surface area contributed by atoms with Crippen molar-refractivity contribution in [3.63, 3.8) is 0 Å². The van der Waals surface area contributed by atoms with E-state index in [0.717, 1.165) is 11.8 Å². The summed E-state index contributed by atoms with van der Waals surface area (Å²) in [4.78, 5) is 0. The van der Waals surface area contributed by atoms with E-state index in [1.165, 1.54) is 38.5 Å². The minimum absolute atomic E-state index is 0.494. The zero-order valence-electron chi connectivity index (χ0n) is 11.0. The molecule has 4 aliphatic rings. The smallest absolute Gasteiger partial charge is 0.0999 e. The van der Waals surface area contributed by atoms with Gasteiger partial charge in [-0.25, -0.2) is 0 Å². The first-order valence-corrected chi connectivity index (χ1v) is 7.45. The summed E-state index contributed by atoms with van der Waals surface area (Å²) in [6.07, 6.45) is 10.6. The monoisotopic (exact) mass is 232 g/mol. The molecule has 4 fully saturated rings. The van der Waals surface area contributed by atoms with E-state index in [1.54, 1.807) is 0 Å². The van der Waals surface area contributed by atoms with Crippen molar-refractivity contribution in [3.8, 4) is 0 Å². The van der Waals surface area contributed by atoms with Crippen LogP contribution in [0.15, 0.2) is 0 Å². The van der Waals surface area contributed by atoms with Crippen LogP contribution in [-0.4, -0.2) is 40.1 Å². The topological polar surface area (TPSA) is 25.1 Å². The molecule has 6 atom stereocenters. The zero-order valence-corrected chi connectivity index (χ0v) is 11.0. The van der Waals surface area contributed by atoms with Crippen molar-refractivity contribution in [1.82, 2.24) is 0 Å². The SMILES string of the molecule is BC(B)(C1CCC2OC2C1)C1CCC2OC2C1. The number of hydrogen-bond acceptors (Lipinski definition) is 2. The summed E-state index contributed by atoms with van der Waals surface area (Å²) < 4.78 is 11.4. The third kappa shape index (κ3) is 1.79. The maximum atomic E-state index is 5.70. The molecule has 6 unspecified atom stereocenters. The Balaban J connectivity index is 1.45. The number of fused-ring (bicyclic) bond motifs is 2. The van der Waals surface area contributed by atoms with Crippen LogP contribution in [-0.2, 0) is 9.47 Å². The maximum Gasteiger partial charge on any atom is 0.0999 e. The van der Waals surface area contributed by atoms with E-state index in [2.05, 4.69) is 15.7 Å². The Bertz CT molecular complexity index is 303. The van der Waals surface area contributed by atoms with Crippen LogP contribution in [0.4, 0.5) is 0 Å². The van der Waals surface area contributed by atoms with E-state index in [1.807, 2.05) is 0 Å². The van der Waals surface area contributed by atoms with Gasteiger partial charge in [-0.05, 0) is 50.4 Å². The fraction of sp³-hybridized carbons (Fsp3) is 1.00. The van der Waals surface area contributed by atoms with E-state index in [-0.39, 0.29) is 0 Å². The second kappa shape index (κ2) is 3.54. The highest BCUT2D eigenvalue weighted by Gasteiger charge is 2.52. The minimum Gasteiger partial charge on any atom is -0.370 e. The van der Waals surface area contributed by atoms with Crippen LogP contribution in [0.5, 0.6) is 0 Å². The van der Waals surface area contributed by atoms with Crippen molar-refractivity contribution < 1.29 is 9.47 Å². The van der Waals surface area contributed by atoms with Crippen molar-refractivity contribution in [3.05, 3.63) is 0 Å². The second-order valence-corrected chi connectivity index (χ2v) is 7.27. The first-order valence-electron chi connectivity index (χ1n) is 7.45. The number of hydrogen-bond donors (Lipinski definition) is 0. The Morgan fingerprint density at radius 2 is 1.18 bits per heavy atom. The van der Waals surface area contributed by atoms with Crippen molar-refractivity contribution >= 4 is 15.7 Å². The minimum atomic E-state index is 0.494. The molecular formula is C13H22B2O2. The number of rotatable bonds is 2. The van der Waals surface area contributed by atoms with Gasteiger partial charge in [0.25, 0.3) is 0 Å². The lowest BCUT2D eigenvalue weighted by Gasteiger charge is -2.43. The van der Waals surface area contributed by atoms with Gasteiger partial charge >= 0.3 is 0 Å². The van der Waals surface area contributed by atoms with Crippen molar-refractivity contribution in [2.75, 3.05) is 0 Å². The molecule has 2 aliphatic heterocycles. The van der Waals surface area contributed by atoms with Gasteiger partial charge in [-0.15, -0.1) is 0 Å². The van der Waals surface area contributed by atoms with Crippen molar-refractivity contribution in [2.45, 2.75) is 68.2 Å². The highest BCUT2D eigenvalue weighted by atomic mass is 16.6. The van der Waals surface area contributed by atoms with Gasteiger partial charge < -0.3 is 9.47 Å². The van der Waals surface area contributed by atoms with Gasteiger partial charge in [-0.2, -0.15) is 0 Å².